The molecule has 5 amide bonds. The Balaban J connectivity index is 1.62. The number of imide groups is 1. The van der Waals surface area contributed by atoms with Gasteiger partial charge in [-0.1, -0.05) is 37.1 Å². The Morgan fingerprint density at radius 2 is 1.46 bits per heavy atom. The van der Waals surface area contributed by atoms with Crippen molar-refractivity contribution in [2.24, 2.45) is 0 Å². The van der Waals surface area contributed by atoms with Gasteiger partial charge in [0.1, 0.15) is 0 Å². The predicted molar refractivity (Wildman–Crippen MR) is 137 cm³/mol. The van der Waals surface area contributed by atoms with Gasteiger partial charge in [0.25, 0.3) is 5.91 Å². The molecule has 194 valence electrons. The Labute approximate surface area is 216 Å². The fourth-order valence-electron chi connectivity index (χ4n) is 3.30. The van der Waals surface area contributed by atoms with Gasteiger partial charge >= 0.3 is 18.2 Å². The number of urea groups is 2. The Morgan fingerprint density at radius 1 is 0.865 bits per heavy atom. The van der Waals surface area contributed by atoms with Crippen molar-refractivity contribution < 1.29 is 27.6 Å². The van der Waals surface area contributed by atoms with Crippen molar-refractivity contribution in [3.05, 3.63) is 88.9 Å². The minimum atomic E-state index is -4.47. The van der Waals surface area contributed by atoms with E-state index in [2.05, 4.69) is 16.0 Å². The summed E-state index contributed by atoms with van der Waals surface area (Å²) in [6.07, 6.45) is -3.03. The molecule has 0 bridgehead atoms. The van der Waals surface area contributed by atoms with Crippen LogP contribution in [0.4, 0.5) is 39.8 Å². The average Bonchev–Trinajstić information content (AvgIpc) is 2.85. The van der Waals surface area contributed by atoms with Crippen LogP contribution in [0.15, 0.2) is 72.8 Å². The number of anilines is 3. The van der Waals surface area contributed by atoms with Gasteiger partial charge in [0.2, 0.25) is 0 Å². The van der Waals surface area contributed by atoms with Crippen molar-refractivity contribution in [1.82, 2.24) is 5.32 Å². The Morgan fingerprint density at radius 3 is 2.03 bits per heavy atom. The lowest BCUT2D eigenvalue weighted by Crippen LogP contribution is -2.36. The average molecular weight is 533 g/mol. The number of nitrogens with zero attached hydrogens (tertiary/aromatic N) is 1. The highest BCUT2D eigenvalue weighted by Gasteiger charge is 2.30. The number of rotatable bonds is 7. The number of nitrogens with one attached hydrogen (secondary N) is 3. The number of carbonyl (C=O) groups excluding carboxylic acids is 3. The monoisotopic (exact) mass is 532 g/mol. The number of halogens is 4. The summed E-state index contributed by atoms with van der Waals surface area (Å²) in [5.41, 5.74) is 0.437. The molecule has 3 aromatic rings. The van der Waals surface area contributed by atoms with E-state index in [1.54, 1.807) is 12.1 Å². The maximum absolute atomic E-state index is 12.9. The molecule has 0 unspecified atom stereocenters. The van der Waals surface area contributed by atoms with Crippen molar-refractivity contribution in [1.29, 1.82) is 0 Å². The Bertz CT molecular complexity index is 1250. The molecule has 0 aliphatic carbocycles. The number of hydrogen-bond donors (Lipinski definition) is 3. The molecule has 3 N–H and O–H groups in total. The standard InChI is InChI=1S/C26H24ClF3N4O3/c1-2-3-16-34(20-14-8-17(9-15-20)26(28,29)30)25(37)32-19-12-10-18(11-13-19)31-24(36)33-23(35)21-6-4-5-7-22(21)27/h4-15H,2-3,16H2,1H3,(H,32,37)(H2,31,33,35,36). The molecule has 0 saturated carbocycles. The molecule has 0 heterocycles. The van der Waals surface area contributed by atoms with Gasteiger partial charge in [-0.15, -0.1) is 0 Å². The molecular weight excluding hydrogens is 509 g/mol. The minimum absolute atomic E-state index is 0.151. The molecule has 37 heavy (non-hydrogen) atoms. The summed E-state index contributed by atoms with van der Waals surface area (Å²) in [5, 5.41) is 7.59. The maximum atomic E-state index is 12.9. The van der Waals surface area contributed by atoms with E-state index in [9.17, 15) is 27.6 Å². The third-order valence-corrected chi connectivity index (χ3v) is 5.56. The van der Waals surface area contributed by atoms with Gasteiger partial charge in [0, 0.05) is 23.6 Å². The highest BCUT2D eigenvalue weighted by molar-refractivity contribution is 6.34. The van der Waals surface area contributed by atoms with Gasteiger partial charge in [-0.25, -0.2) is 9.59 Å². The smallest absolute Gasteiger partial charge is 0.308 e. The van der Waals surface area contributed by atoms with E-state index in [4.69, 9.17) is 11.6 Å². The van der Waals surface area contributed by atoms with E-state index < -0.39 is 29.7 Å². The summed E-state index contributed by atoms with van der Waals surface area (Å²) in [5.74, 6) is -0.664. The van der Waals surface area contributed by atoms with Gasteiger partial charge in [-0.05, 0) is 67.1 Å². The molecule has 3 rings (SSSR count). The lowest BCUT2D eigenvalue weighted by atomic mass is 10.2. The second kappa shape index (κ2) is 12.3. The molecule has 0 saturated heterocycles. The third kappa shape index (κ3) is 7.71. The first kappa shape index (κ1) is 27.5. The summed E-state index contributed by atoms with van der Waals surface area (Å²) in [6, 6.07) is 15.5. The molecule has 0 spiro atoms. The van der Waals surface area contributed by atoms with E-state index in [0.29, 0.717) is 30.0 Å². The van der Waals surface area contributed by atoms with Gasteiger partial charge in [0.15, 0.2) is 0 Å². The zero-order valence-corrected chi connectivity index (χ0v) is 20.5. The van der Waals surface area contributed by atoms with Crippen LogP contribution in [0.5, 0.6) is 0 Å². The molecule has 0 fully saturated rings. The SMILES string of the molecule is CCCCN(C(=O)Nc1ccc(NC(=O)NC(=O)c2ccccc2Cl)cc1)c1ccc(C(F)(F)F)cc1. The molecule has 0 radical (unpaired) electrons. The zero-order chi connectivity index (χ0) is 27.0. The molecule has 0 aromatic heterocycles. The van der Waals surface area contributed by atoms with Crippen LogP contribution in [0.25, 0.3) is 0 Å². The fraction of sp³-hybridized carbons (Fsp3) is 0.192. The van der Waals surface area contributed by atoms with E-state index in [-0.39, 0.29) is 10.6 Å². The van der Waals surface area contributed by atoms with Crippen LogP contribution in [0.1, 0.15) is 35.7 Å². The van der Waals surface area contributed by atoms with Crippen LogP contribution in [0.3, 0.4) is 0 Å². The van der Waals surface area contributed by atoms with Gasteiger partial charge < -0.3 is 10.6 Å². The van der Waals surface area contributed by atoms with E-state index >= 15 is 0 Å². The van der Waals surface area contributed by atoms with Crippen LogP contribution in [-0.2, 0) is 6.18 Å². The molecule has 0 aliphatic heterocycles. The van der Waals surface area contributed by atoms with E-state index in [1.807, 2.05) is 6.92 Å². The summed E-state index contributed by atoms with van der Waals surface area (Å²) < 4.78 is 38.7. The van der Waals surface area contributed by atoms with Crippen LogP contribution >= 0.6 is 11.6 Å². The van der Waals surface area contributed by atoms with E-state index in [0.717, 1.165) is 18.6 Å². The minimum Gasteiger partial charge on any atom is -0.308 e. The van der Waals surface area contributed by atoms with Gasteiger partial charge in [-0.2, -0.15) is 13.2 Å². The van der Waals surface area contributed by atoms with Crippen molar-refractivity contribution in [3.8, 4) is 0 Å². The maximum Gasteiger partial charge on any atom is 0.416 e. The molecule has 3 aromatic carbocycles. The van der Waals surface area contributed by atoms with Crippen molar-refractivity contribution in [3.63, 3.8) is 0 Å². The predicted octanol–water partition coefficient (Wildman–Crippen LogP) is 7.16. The molecular formula is C26H24ClF3N4O3. The number of benzene rings is 3. The van der Waals surface area contributed by atoms with Crippen LogP contribution in [-0.4, -0.2) is 24.5 Å². The normalized spacial score (nSPS) is 10.9. The van der Waals surface area contributed by atoms with E-state index in [1.165, 1.54) is 53.4 Å². The van der Waals surface area contributed by atoms with Gasteiger partial charge in [-0.3, -0.25) is 15.0 Å². The highest BCUT2D eigenvalue weighted by atomic mass is 35.5. The molecule has 0 aliphatic rings. The summed E-state index contributed by atoms with van der Waals surface area (Å²) >= 11 is 5.96. The Kier molecular flexibility index (Phi) is 9.13. The topological polar surface area (TPSA) is 90.5 Å². The highest BCUT2D eigenvalue weighted by Crippen LogP contribution is 2.31. The van der Waals surface area contributed by atoms with Crippen LogP contribution in [0.2, 0.25) is 5.02 Å². The van der Waals surface area contributed by atoms with Crippen molar-refractivity contribution >= 4 is 46.6 Å². The summed E-state index contributed by atoms with van der Waals surface area (Å²) in [4.78, 5) is 38.6. The first-order valence-corrected chi connectivity index (χ1v) is 11.7. The quantitative estimate of drug-likeness (QED) is 0.301. The lowest BCUT2D eigenvalue weighted by Gasteiger charge is -2.23. The number of carbonyl (C=O) groups is 3. The zero-order valence-electron chi connectivity index (χ0n) is 19.7. The van der Waals surface area contributed by atoms with Gasteiger partial charge in [0.05, 0.1) is 16.1 Å². The molecule has 7 nitrogen and oxygen atoms in total. The number of amides is 5. The van der Waals surface area contributed by atoms with Crippen molar-refractivity contribution in [2.45, 2.75) is 25.9 Å². The second-order valence-corrected chi connectivity index (χ2v) is 8.35. The Hall–Kier alpha value is -4.05. The molecule has 11 heteroatoms. The second-order valence-electron chi connectivity index (χ2n) is 7.95. The third-order valence-electron chi connectivity index (χ3n) is 5.23. The first-order valence-electron chi connectivity index (χ1n) is 11.3. The fourth-order valence-corrected chi connectivity index (χ4v) is 3.52. The summed E-state index contributed by atoms with van der Waals surface area (Å²) in [6.45, 7) is 2.25. The number of hydrogen-bond acceptors (Lipinski definition) is 3. The van der Waals surface area contributed by atoms with Crippen LogP contribution < -0.4 is 20.9 Å². The first-order chi connectivity index (χ1) is 17.6. The van der Waals surface area contributed by atoms with Crippen molar-refractivity contribution in [2.75, 3.05) is 22.1 Å². The largest absolute Gasteiger partial charge is 0.416 e. The summed E-state index contributed by atoms with van der Waals surface area (Å²) in [7, 11) is 0. The number of unbranched alkanes of at least 4 members (excludes halogenated alkanes) is 1. The lowest BCUT2D eigenvalue weighted by molar-refractivity contribution is -0.137. The molecule has 0 atom stereocenters. The number of alkyl halides is 3. The van der Waals surface area contributed by atoms with Crippen LogP contribution in [0, 0.1) is 0 Å².